The standard InChI is InChI=1S/C12H14N4O3/c1-9-2-3-10(6-13-9)16-5-4-15(8-12(16)18)7-11(17)14-19/h2-3,6H,4-5,7-8H2,1H3. The van der Waals surface area contributed by atoms with Crippen LogP contribution in [0.2, 0.25) is 0 Å². The average Bonchev–Trinajstić information content (AvgIpc) is 2.40. The van der Waals surface area contributed by atoms with Gasteiger partial charge in [-0.3, -0.25) is 19.5 Å². The van der Waals surface area contributed by atoms with Gasteiger partial charge in [0, 0.05) is 24.0 Å². The molecule has 1 aromatic heterocycles. The van der Waals surface area contributed by atoms with Gasteiger partial charge in [-0.1, -0.05) is 0 Å². The number of carbonyl (C=O) groups excluding carboxylic acids is 2. The van der Waals surface area contributed by atoms with E-state index in [-0.39, 0.29) is 19.0 Å². The molecule has 7 nitrogen and oxygen atoms in total. The summed E-state index contributed by atoms with van der Waals surface area (Å²) in [5, 5.41) is 2.33. The number of hydrogen-bond donors (Lipinski definition) is 0. The largest absolute Gasteiger partial charge is 0.308 e. The number of carbonyl (C=O) groups is 2. The molecule has 1 aromatic rings. The summed E-state index contributed by atoms with van der Waals surface area (Å²) in [7, 11) is 0. The van der Waals surface area contributed by atoms with E-state index < -0.39 is 5.91 Å². The van der Waals surface area contributed by atoms with Crippen LogP contribution < -0.4 is 4.90 Å². The van der Waals surface area contributed by atoms with Crippen molar-refractivity contribution in [3.05, 3.63) is 28.9 Å². The van der Waals surface area contributed by atoms with E-state index in [0.29, 0.717) is 13.1 Å². The normalized spacial score (nSPS) is 16.5. The molecule has 0 aromatic carbocycles. The van der Waals surface area contributed by atoms with Gasteiger partial charge in [-0.2, -0.15) is 0 Å². The third kappa shape index (κ3) is 3.19. The highest BCUT2D eigenvalue weighted by molar-refractivity contribution is 5.95. The van der Waals surface area contributed by atoms with Crippen LogP contribution in [0.25, 0.3) is 0 Å². The van der Waals surface area contributed by atoms with Gasteiger partial charge in [0.25, 0.3) is 5.91 Å². The second-order valence-electron chi connectivity index (χ2n) is 4.40. The Labute approximate surface area is 110 Å². The summed E-state index contributed by atoms with van der Waals surface area (Å²) in [6.07, 6.45) is 1.65. The van der Waals surface area contributed by atoms with E-state index in [0.717, 1.165) is 11.4 Å². The van der Waals surface area contributed by atoms with E-state index in [2.05, 4.69) is 10.2 Å². The zero-order chi connectivity index (χ0) is 13.8. The number of aryl methyl sites for hydroxylation is 1. The first-order chi connectivity index (χ1) is 9.10. The smallest absolute Gasteiger partial charge is 0.300 e. The number of rotatable bonds is 3. The molecule has 1 fully saturated rings. The Balaban J connectivity index is 2.01. The third-order valence-corrected chi connectivity index (χ3v) is 2.97. The molecule has 2 amide bonds. The highest BCUT2D eigenvalue weighted by Gasteiger charge is 2.26. The number of pyridine rings is 1. The first kappa shape index (κ1) is 13.3. The number of anilines is 1. The summed E-state index contributed by atoms with van der Waals surface area (Å²) in [4.78, 5) is 40.4. The predicted molar refractivity (Wildman–Crippen MR) is 68.6 cm³/mol. The second-order valence-corrected chi connectivity index (χ2v) is 4.40. The number of nitroso groups, excluding NO2 is 1. The number of hydrogen-bond acceptors (Lipinski definition) is 5. The Morgan fingerprint density at radius 1 is 1.42 bits per heavy atom. The van der Waals surface area contributed by atoms with E-state index >= 15 is 0 Å². The molecule has 1 saturated heterocycles. The van der Waals surface area contributed by atoms with Crippen LogP contribution in [0.15, 0.2) is 23.5 Å². The molecular formula is C12H14N4O3. The zero-order valence-corrected chi connectivity index (χ0v) is 10.6. The Morgan fingerprint density at radius 3 is 2.79 bits per heavy atom. The molecule has 0 bridgehead atoms. The fourth-order valence-corrected chi connectivity index (χ4v) is 1.97. The second kappa shape index (κ2) is 5.66. The van der Waals surface area contributed by atoms with Gasteiger partial charge in [0.1, 0.15) is 0 Å². The lowest BCUT2D eigenvalue weighted by atomic mass is 10.2. The van der Waals surface area contributed by atoms with Crippen molar-refractivity contribution in [2.45, 2.75) is 6.92 Å². The molecule has 1 aliphatic rings. The summed E-state index contributed by atoms with van der Waals surface area (Å²) >= 11 is 0. The number of aromatic nitrogens is 1. The quantitative estimate of drug-likeness (QED) is 0.733. The van der Waals surface area contributed by atoms with Crippen LogP contribution in [0.1, 0.15) is 5.69 Å². The van der Waals surface area contributed by atoms with Gasteiger partial charge in [-0.15, -0.1) is 4.91 Å². The predicted octanol–water partition coefficient (Wildman–Crippen LogP) is 0.332. The lowest BCUT2D eigenvalue weighted by Gasteiger charge is -2.33. The van der Waals surface area contributed by atoms with E-state index in [9.17, 15) is 14.5 Å². The van der Waals surface area contributed by atoms with Gasteiger partial charge in [-0.25, -0.2) is 0 Å². The minimum Gasteiger partial charge on any atom is -0.308 e. The van der Waals surface area contributed by atoms with Crippen molar-refractivity contribution in [3.8, 4) is 0 Å². The molecule has 0 aliphatic carbocycles. The third-order valence-electron chi connectivity index (χ3n) is 2.97. The average molecular weight is 262 g/mol. The maximum atomic E-state index is 12.0. The molecular weight excluding hydrogens is 248 g/mol. The number of amides is 2. The van der Waals surface area contributed by atoms with Gasteiger partial charge in [0.15, 0.2) is 0 Å². The summed E-state index contributed by atoms with van der Waals surface area (Å²) in [6.45, 7) is 2.88. The molecule has 7 heteroatoms. The molecule has 2 heterocycles. The minimum atomic E-state index is -0.752. The Morgan fingerprint density at radius 2 is 2.21 bits per heavy atom. The van der Waals surface area contributed by atoms with E-state index in [4.69, 9.17) is 0 Å². The topological polar surface area (TPSA) is 82.9 Å². The lowest BCUT2D eigenvalue weighted by molar-refractivity contribution is -0.123. The Hall–Kier alpha value is -2.15. The van der Waals surface area contributed by atoms with E-state index in [1.807, 2.05) is 19.1 Å². The maximum Gasteiger partial charge on any atom is 0.300 e. The van der Waals surface area contributed by atoms with E-state index in [1.165, 1.54) is 0 Å². The number of nitrogens with zero attached hydrogens (tertiary/aromatic N) is 4. The van der Waals surface area contributed by atoms with Crippen LogP contribution in [-0.2, 0) is 9.59 Å². The molecule has 0 atom stereocenters. The van der Waals surface area contributed by atoms with Crippen LogP contribution in [0.4, 0.5) is 5.69 Å². The molecule has 19 heavy (non-hydrogen) atoms. The van der Waals surface area contributed by atoms with Crippen molar-refractivity contribution in [1.82, 2.24) is 9.88 Å². The lowest BCUT2D eigenvalue weighted by Crippen LogP contribution is -2.51. The van der Waals surface area contributed by atoms with Gasteiger partial charge >= 0.3 is 0 Å². The van der Waals surface area contributed by atoms with Crippen LogP contribution in [0.3, 0.4) is 0 Å². The molecule has 0 unspecified atom stereocenters. The fourth-order valence-electron chi connectivity index (χ4n) is 1.97. The Kier molecular flexibility index (Phi) is 3.96. The van der Waals surface area contributed by atoms with Crippen LogP contribution in [0, 0.1) is 11.8 Å². The monoisotopic (exact) mass is 262 g/mol. The van der Waals surface area contributed by atoms with Crippen LogP contribution in [0.5, 0.6) is 0 Å². The summed E-state index contributed by atoms with van der Waals surface area (Å²) in [5.41, 5.74) is 1.63. The minimum absolute atomic E-state index is 0.102. The van der Waals surface area contributed by atoms with Crippen molar-refractivity contribution in [1.29, 1.82) is 0 Å². The summed E-state index contributed by atoms with van der Waals surface area (Å²) in [6, 6.07) is 3.68. The van der Waals surface area contributed by atoms with Gasteiger partial charge in [0.2, 0.25) is 5.91 Å². The van der Waals surface area contributed by atoms with Crippen molar-refractivity contribution < 1.29 is 9.59 Å². The molecule has 0 radical (unpaired) electrons. The molecule has 0 saturated carbocycles. The van der Waals surface area contributed by atoms with Gasteiger partial charge in [0.05, 0.1) is 25.0 Å². The SMILES string of the molecule is Cc1ccc(N2CCN(CC(=O)N=O)CC2=O)cn1. The molecule has 0 N–H and O–H groups in total. The molecule has 1 aliphatic heterocycles. The van der Waals surface area contributed by atoms with Gasteiger partial charge < -0.3 is 4.90 Å². The first-order valence-corrected chi connectivity index (χ1v) is 5.91. The zero-order valence-electron chi connectivity index (χ0n) is 10.6. The fraction of sp³-hybridized carbons (Fsp3) is 0.417. The van der Waals surface area contributed by atoms with Crippen LogP contribution in [-0.4, -0.2) is 47.9 Å². The van der Waals surface area contributed by atoms with Crippen molar-refractivity contribution in [2.24, 2.45) is 5.18 Å². The summed E-state index contributed by atoms with van der Waals surface area (Å²) in [5.74, 6) is -0.867. The first-order valence-electron chi connectivity index (χ1n) is 5.91. The highest BCUT2D eigenvalue weighted by atomic mass is 16.3. The molecule has 0 spiro atoms. The number of piperazine rings is 1. The maximum absolute atomic E-state index is 12.0. The highest BCUT2D eigenvalue weighted by Crippen LogP contribution is 2.16. The van der Waals surface area contributed by atoms with E-state index in [1.54, 1.807) is 16.0 Å². The molecule has 100 valence electrons. The van der Waals surface area contributed by atoms with Crippen molar-refractivity contribution >= 4 is 17.5 Å². The van der Waals surface area contributed by atoms with Gasteiger partial charge in [-0.05, 0) is 19.1 Å². The summed E-state index contributed by atoms with van der Waals surface area (Å²) < 4.78 is 0. The molecule has 2 rings (SSSR count). The van der Waals surface area contributed by atoms with Crippen molar-refractivity contribution in [2.75, 3.05) is 31.1 Å². The van der Waals surface area contributed by atoms with Crippen LogP contribution >= 0.6 is 0 Å². The van der Waals surface area contributed by atoms with Crippen molar-refractivity contribution in [3.63, 3.8) is 0 Å². The Bertz CT molecular complexity index is 500.